The molecule has 0 fully saturated rings. The minimum Gasteiger partial charge on any atom is -0.350 e. The fourth-order valence-corrected chi connectivity index (χ4v) is 2.53. The van der Waals surface area contributed by atoms with Gasteiger partial charge in [0.15, 0.2) is 5.96 Å². The van der Waals surface area contributed by atoms with Gasteiger partial charge in [0.25, 0.3) is 0 Å². The smallest absolute Gasteiger partial charge is 0.196 e. The van der Waals surface area contributed by atoms with Gasteiger partial charge in [0.1, 0.15) is 0 Å². The molecule has 0 aliphatic carbocycles. The van der Waals surface area contributed by atoms with Crippen LogP contribution in [0.2, 0.25) is 0 Å². The molecule has 0 amide bonds. The maximum atomic E-state index is 4.72. The molecule has 1 aromatic heterocycles. The summed E-state index contributed by atoms with van der Waals surface area (Å²) in [5, 5.41) is 6.73. The van der Waals surface area contributed by atoms with Crippen molar-refractivity contribution in [3.05, 3.63) is 95.3 Å². The summed E-state index contributed by atoms with van der Waals surface area (Å²) in [6.45, 7) is 5.32. The summed E-state index contributed by atoms with van der Waals surface area (Å²) in [4.78, 5) is 9.26. The molecule has 0 atom stereocenters. The molecule has 3 aromatic rings. The summed E-state index contributed by atoms with van der Waals surface area (Å²) in [7, 11) is 0. The van der Waals surface area contributed by atoms with Crippen LogP contribution in [0.5, 0.6) is 0 Å². The highest BCUT2D eigenvalue weighted by atomic mass is 15.2. The summed E-state index contributed by atoms with van der Waals surface area (Å²) in [6, 6.07) is 24.5. The Labute approximate surface area is 155 Å². The van der Waals surface area contributed by atoms with Crippen LogP contribution >= 0.6 is 0 Å². The highest BCUT2D eigenvalue weighted by molar-refractivity contribution is 5.93. The lowest BCUT2D eigenvalue weighted by Crippen LogP contribution is -2.30. The minimum atomic E-state index is 0.615. The molecule has 0 unspecified atom stereocenters. The molecule has 2 N–H and O–H groups in total. The number of hydrogen-bond acceptors (Lipinski definition) is 2. The number of pyridine rings is 1. The van der Waals surface area contributed by atoms with Gasteiger partial charge in [0, 0.05) is 11.4 Å². The molecule has 132 valence electrons. The fraction of sp³-hybridized carbons (Fsp3) is 0.182. The molecular formula is C22H24N4. The number of anilines is 1. The molecule has 3 rings (SSSR count). The number of benzene rings is 2. The Bertz CT molecular complexity index is 855. The number of hydrogen-bond donors (Lipinski definition) is 2. The van der Waals surface area contributed by atoms with Gasteiger partial charge >= 0.3 is 0 Å². The van der Waals surface area contributed by atoms with Gasteiger partial charge in [0.05, 0.1) is 18.8 Å². The van der Waals surface area contributed by atoms with Crippen LogP contribution in [0, 0.1) is 13.8 Å². The lowest BCUT2D eigenvalue weighted by atomic mass is 10.1. The first-order valence-electron chi connectivity index (χ1n) is 8.77. The third kappa shape index (κ3) is 5.45. The fourth-order valence-electron chi connectivity index (χ4n) is 2.53. The first kappa shape index (κ1) is 17.7. The summed E-state index contributed by atoms with van der Waals surface area (Å²) in [5.74, 6) is 0.736. The number of para-hydroxylation sites is 1. The summed E-state index contributed by atoms with van der Waals surface area (Å²) < 4.78 is 0. The molecule has 2 aromatic carbocycles. The average Bonchev–Trinajstić information content (AvgIpc) is 2.66. The second-order valence-electron chi connectivity index (χ2n) is 6.27. The predicted molar refractivity (Wildman–Crippen MR) is 108 cm³/mol. The molecule has 4 nitrogen and oxygen atoms in total. The van der Waals surface area contributed by atoms with Crippen LogP contribution in [0.15, 0.2) is 77.8 Å². The van der Waals surface area contributed by atoms with E-state index in [0.29, 0.717) is 13.1 Å². The van der Waals surface area contributed by atoms with Crippen molar-refractivity contribution in [1.29, 1.82) is 0 Å². The average molecular weight is 344 g/mol. The molecule has 0 aliphatic rings. The van der Waals surface area contributed by atoms with Crippen molar-refractivity contribution in [2.45, 2.75) is 26.9 Å². The number of aliphatic imine (C=N–C) groups is 1. The molecule has 0 bridgehead atoms. The van der Waals surface area contributed by atoms with E-state index in [0.717, 1.165) is 23.0 Å². The molecule has 0 saturated heterocycles. The van der Waals surface area contributed by atoms with E-state index < -0.39 is 0 Å². The van der Waals surface area contributed by atoms with Crippen LogP contribution < -0.4 is 10.6 Å². The molecule has 0 spiro atoms. The van der Waals surface area contributed by atoms with E-state index in [-0.39, 0.29) is 0 Å². The van der Waals surface area contributed by atoms with E-state index in [1.807, 2.05) is 55.5 Å². The maximum absolute atomic E-state index is 4.72. The molecule has 0 saturated carbocycles. The van der Waals surface area contributed by atoms with E-state index in [2.05, 4.69) is 46.8 Å². The van der Waals surface area contributed by atoms with Crippen LogP contribution in [0.4, 0.5) is 5.69 Å². The Morgan fingerprint density at radius 1 is 0.885 bits per heavy atom. The third-order valence-electron chi connectivity index (χ3n) is 3.96. The molecule has 0 radical (unpaired) electrons. The van der Waals surface area contributed by atoms with Crippen LogP contribution in [0.25, 0.3) is 0 Å². The van der Waals surface area contributed by atoms with Gasteiger partial charge in [-0.2, -0.15) is 0 Å². The highest BCUT2D eigenvalue weighted by Crippen LogP contribution is 2.07. The van der Waals surface area contributed by atoms with Crippen molar-refractivity contribution in [3.63, 3.8) is 0 Å². The summed E-state index contributed by atoms with van der Waals surface area (Å²) in [5.41, 5.74) is 5.43. The van der Waals surface area contributed by atoms with E-state index in [1.54, 1.807) is 0 Å². The van der Waals surface area contributed by atoms with Crippen LogP contribution in [0.1, 0.15) is 22.5 Å². The van der Waals surface area contributed by atoms with E-state index in [9.17, 15) is 0 Å². The van der Waals surface area contributed by atoms with Gasteiger partial charge in [0.2, 0.25) is 0 Å². The standard InChI is InChI=1S/C22H24N4/c1-17-11-13-19(14-12-17)15-23-22(26-20-8-4-3-5-9-20)24-16-21-10-6-7-18(2)25-21/h3-14H,15-16H2,1-2H3,(H2,23,24,26). The van der Waals surface area contributed by atoms with Gasteiger partial charge < -0.3 is 10.6 Å². The predicted octanol–water partition coefficient (Wildman–Crippen LogP) is 4.46. The molecule has 4 heteroatoms. The lowest BCUT2D eigenvalue weighted by Gasteiger charge is -2.13. The summed E-state index contributed by atoms with van der Waals surface area (Å²) >= 11 is 0. The maximum Gasteiger partial charge on any atom is 0.196 e. The highest BCUT2D eigenvalue weighted by Gasteiger charge is 2.02. The van der Waals surface area contributed by atoms with Gasteiger partial charge in [-0.3, -0.25) is 4.98 Å². The largest absolute Gasteiger partial charge is 0.350 e. The summed E-state index contributed by atoms with van der Waals surface area (Å²) in [6.07, 6.45) is 0. The topological polar surface area (TPSA) is 49.3 Å². The quantitative estimate of drug-likeness (QED) is 0.531. The van der Waals surface area contributed by atoms with Crippen molar-refractivity contribution < 1.29 is 0 Å². The molecule has 1 heterocycles. The lowest BCUT2D eigenvalue weighted by molar-refractivity contribution is 0.852. The first-order chi connectivity index (χ1) is 12.7. The number of nitrogens with zero attached hydrogens (tertiary/aromatic N) is 2. The van der Waals surface area contributed by atoms with E-state index >= 15 is 0 Å². The number of rotatable bonds is 5. The number of guanidine groups is 1. The van der Waals surface area contributed by atoms with Crippen molar-refractivity contribution in [2.75, 3.05) is 5.32 Å². The SMILES string of the molecule is Cc1ccc(CN=C(NCc2cccc(C)n2)Nc2ccccc2)cc1. The Hall–Kier alpha value is -3.14. The zero-order valence-corrected chi connectivity index (χ0v) is 15.2. The van der Waals surface area contributed by atoms with Crippen molar-refractivity contribution in [2.24, 2.45) is 4.99 Å². The molecular weight excluding hydrogens is 320 g/mol. The zero-order valence-electron chi connectivity index (χ0n) is 15.2. The van der Waals surface area contributed by atoms with Crippen LogP contribution in [-0.4, -0.2) is 10.9 Å². The Kier molecular flexibility index (Phi) is 5.99. The van der Waals surface area contributed by atoms with Gasteiger partial charge in [-0.05, 0) is 43.7 Å². The molecule has 0 aliphatic heterocycles. The van der Waals surface area contributed by atoms with Crippen molar-refractivity contribution in [3.8, 4) is 0 Å². The van der Waals surface area contributed by atoms with E-state index in [1.165, 1.54) is 11.1 Å². The number of nitrogens with one attached hydrogen (secondary N) is 2. The normalized spacial score (nSPS) is 11.2. The molecule has 26 heavy (non-hydrogen) atoms. The number of aromatic nitrogens is 1. The van der Waals surface area contributed by atoms with Crippen molar-refractivity contribution >= 4 is 11.6 Å². The van der Waals surface area contributed by atoms with Gasteiger partial charge in [-0.1, -0.05) is 54.1 Å². The number of aryl methyl sites for hydroxylation is 2. The second kappa shape index (κ2) is 8.81. The van der Waals surface area contributed by atoms with Crippen LogP contribution in [0.3, 0.4) is 0 Å². The zero-order chi connectivity index (χ0) is 18.2. The monoisotopic (exact) mass is 344 g/mol. The Morgan fingerprint density at radius 2 is 1.65 bits per heavy atom. The second-order valence-corrected chi connectivity index (χ2v) is 6.27. The third-order valence-corrected chi connectivity index (χ3v) is 3.96. The van der Waals surface area contributed by atoms with Crippen LogP contribution in [-0.2, 0) is 13.1 Å². The minimum absolute atomic E-state index is 0.615. The van der Waals surface area contributed by atoms with E-state index in [4.69, 9.17) is 4.99 Å². The van der Waals surface area contributed by atoms with Gasteiger partial charge in [-0.15, -0.1) is 0 Å². The first-order valence-corrected chi connectivity index (χ1v) is 8.77. The Balaban J connectivity index is 1.72. The Morgan fingerprint density at radius 3 is 2.38 bits per heavy atom. The van der Waals surface area contributed by atoms with Gasteiger partial charge in [-0.25, -0.2) is 4.99 Å². The van der Waals surface area contributed by atoms with Crippen molar-refractivity contribution in [1.82, 2.24) is 10.3 Å².